The standard InChI is InChI=1S/C18H39OP/c1-4-7-9-11-13-15-17-20(19-6-3)18-16-14-12-10-8-5-2/h4-18H2,1-3H3. The van der Waals surface area contributed by atoms with Crippen molar-refractivity contribution >= 4 is 8.15 Å². The summed E-state index contributed by atoms with van der Waals surface area (Å²) >= 11 is 0. The highest BCUT2D eigenvalue weighted by Gasteiger charge is 2.07. The molecule has 0 heterocycles. The molecule has 2 heteroatoms. The summed E-state index contributed by atoms with van der Waals surface area (Å²) in [6, 6.07) is 0. The van der Waals surface area contributed by atoms with E-state index in [-0.39, 0.29) is 8.15 Å². The molecule has 0 aromatic heterocycles. The summed E-state index contributed by atoms with van der Waals surface area (Å²) in [6.07, 6.45) is 19.6. The molecule has 1 nitrogen and oxygen atoms in total. The molecule has 0 radical (unpaired) electrons. The largest absolute Gasteiger partial charge is 0.360 e. The molecule has 122 valence electrons. The molecule has 0 fully saturated rings. The van der Waals surface area contributed by atoms with Gasteiger partial charge in [-0.1, -0.05) is 78.1 Å². The summed E-state index contributed by atoms with van der Waals surface area (Å²) in [7, 11) is -0.110. The predicted molar refractivity (Wildman–Crippen MR) is 95.0 cm³/mol. The second-order valence-corrected chi connectivity index (χ2v) is 8.00. The third-order valence-corrected chi connectivity index (χ3v) is 6.09. The summed E-state index contributed by atoms with van der Waals surface area (Å²) in [6.45, 7) is 7.64. The van der Waals surface area contributed by atoms with Crippen LogP contribution in [0, 0.1) is 0 Å². The number of hydrogen-bond donors (Lipinski definition) is 0. The molecule has 0 aliphatic heterocycles. The fourth-order valence-electron chi connectivity index (χ4n) is 2.56. The Morgan fingerprint density at radius 3 is 1.35 bits per heavy atom. The summed E-state index contributed by atoms with van der Waals surface area (Å²) in [5.74, 6) is 0. The summed E-state index contributed by atoms with van der Waals surface area (Å²) in [4.78, 5) is 0. The molecule has 0 bridgehead atoms. The second-order valence-electron chi connectivity index (χ2n) is 5.88. The van der Waals surface area contributed by atoms with Gasteiger partial charge in [-0.2, -0.15) is 0 Å². The van der Waals surface area contributed by atoms with Gasteiger partial charge in [0.15, 0.2) is 0 Å². The molecule has 0 aliphatic rings. The zero-order valence-corrected chi connectivity index (χ0v) is 15.4. The van der Waals surface area contributed by atoms with Gasteiger partial charge in [-0.05, 0) is 32.1 Å². The maximum absolute atomic E-state index is 5.96. The zero-order valence-electron chi connectivity index (χ0n) is 14.5. The smallest absolute Gasteiger partial charge is 0.0480 e. The maximum atomic E-state index is 5.96. The minimum absolute atomic E-state index is 0.110. The molecule has 0 amide bonds. The van der Waals surface area contributed by atoms with Crippen molar-refractivity contribution in [1.82, 2.24) is 0 Å². The molecule has 0 saturated carbocycles. The Morgan fingerprint density at radius 2 is 0.950 bits per heavy atom. The Balaban J connectivity index is 3.45. The van der Waals surface area contributed by atoms with Crippen LogP contribution in [0.2, 0.25) is 0 Å². The molecule has 0 spiro atoms. The van der Waals surface area contributed by atoms with E-state index in [1.54, 1.807) is 0 Å². The van der Waals surface area contributed by atoms with Crippen molar-refractivity contribution in [3.05, 3.63) is 0 Å². The van der Waals surface area contributed by atoms with E-state index < -0.39 is 0 Å². The number of unbranched alkanes of at least 4 members (excludes halogenated alkanes) is 10. The fraction of sp³-hybridized carbons (Fsp3) is 1.00. The first-order valence-corrected chi connectivity index (χ1v) is 10.9. The van der Waals surface area contributed by atoms with Crippen molar-refractivity contribution < 1.29 is 4.52 Å². The van der Waals surface area contributed by atoms with E-state index >= 15 is 0 Å². The highest BCUT2D eigenvalue weighted by Crippen LogP contribution is 2.39. The van der Waals surface area contributed by atoms with Crippen molar-refractivity contribution in [2.75, 3.05) is 18.9 Å². The Kier molecular flexibility index (Phi) is 17.8. The molecule has 0 rings (SSSR count). The minimum atomic E-state index is -0.110. The fourth-order valence-corrected chi connectivity index (χ4v) is 4.56. The topological polar surface area (TPSA) is 9.23 Å². The van der Waals surface area contributed by atoms with Crippen molar-refractivity contribution in [1.29, 1.82) is 0 Å². The normalized spacial score (nSPS) is 11.4. The third kappa shape index (κ3) is 14.8. The van der Waals surface area contributed by atoms with Crippen LogP contribution >= 0.6 is 8.15 Å². The Hall–Kier alpha value is 0.390. The number of rotatable bonds is 16. The lowest BCUT2D eigenvalue weighted by Crippen LogP contribution is -1.96. The molecule has 0 N–H and O–H groups in total. The van der Waals surface area contributed by atoms with Crippen LogP contribution in [0.15, 0.2) is 0 Å². The van der Waals surface area contributed by atoms with E-state index in [9.17, 15) is 0 Å². The predicted octanol–water partition coefficient (Wildman–Crippen LogP) is 7.14. The first kappa shape index (κ1) is 20.4. The first-order chi connectivity index (χ1) is 9.85. The summed E-state index contributed by atoms with van der Waals surface area (Å²) in [5.41, 5.74) is 0. The van der Waals surface area contributed by atoms with Crippen LogP contribution in [-0.4, -0.2) is 18.9 Å². The van der Waals surface area contributed by atoms with Gasteiger partial charge in [0.1, 0.15) is 0 Å². The molecular formula is C18H39OP. The first-order valence-electron chi connectivity index (χ1n) is 9.23. The average Bonchev–Trinajstić information content (AvgIpc) is 2.46. The zero-order chi connectivity index (χ0) is 14.9. The van der Waals surface area contributed by atoms with E-state index in [0.717, 1.165) is 6.61 Å². The van der Waals surface area contributed by atoms with Crippen LogP contribution < -0.4 is 0 Å². The van der Waals surface area contributed by atoms with E-state index in [4.69, 9.17) is 4.52 Å². The highest BCUT2D eigenvalue weighted by molar-refractivity contribution is 7.52. The lowest BCUT2D eigenvalue weighted by Gasteiger charge is -2.16. The van der Waals surface area contributed by atoms with E-state index in [1.807, 2.05) is 0 Å². The SMILES string of the molecule is CCCCCCCCP(CCCCCCCC)OCC. The molecule has 0 unspecified atom stereocenters. The van der Waals surface area contributed by atoms with Crippen LogP contribution in [-0.2, 0) is 4.52 Å². The quantitative estimate of drug-likeness (QED) is 0.217. The van der Waals surface area contributed by atoms with Gasteiger partial charge in [0.25, 0.3) is 0 Å². The monoisotopic (exact) mass is 302 g/mol. The average molecular weight is 302 g/mol. The van der Waals surface area contributed by atoms with Gasteiger partial charge in [0.05, 0.1) is 0 Å². The van der Waals surface area contributed by atoms with Gasteiger partial charge in [0.2, 0.25) is 0 Å². The Labute approximate surface area is 130 Å². The van der Waals surface area contributed by atoms with Gasteiger partial charge >= 0.3 is 0 Å². The van der Waals surface area contributed by atoms with Crippen LogP contribution in [0.3, 0.4) is 0 Å². The summed E-state index contributed by atoms with van der Waals surface area (Å²) in [5, 5.41) is 0. The molecule has 0 atom stereocenters. The van der Waals surface area contributed by atoms with Gasteiger partial charge in [-0.15, -0.1) is 0 Å². The lowest BCUT2D eigenvalue weighted by molar-refractivity contribution is 0.375. The van der Waals surface area contributed by atoms with Gasteiger partial charge in [-0.3, -0.25) is 0 Å². The molecule has 0 aromatic rings. The van der Waals surface area contributed by atoms with E-state index in [1.165, 1.54) is 89.4 Å². The molecule has 0 aromatic carbocycles. The van der Waals surface area contributed by atoms with Gasteiger partial charge in [0, 0.05) is 14.8 Å². The second kappa shape index (κ2) is 17.4. The third-order valence-electron chi connectivity index (χ3n) is 3.83. The van der Waals surface area contributed by atoms with Crippen molar-refractivity contribution in [3.8, 4) is 0 Å². The highest BCUT2D eigenvalue weighted by atomic mass is 31.1. The van der Waals surface area contributed by atoms with Crippen molar-refractivity contribution in [3.63, 3.8) is 0 Å². The molecule has 0 aliphatic carbocycles. The van der Waals surface area contributed by atoms with Crippen molar-refractivity contribution in [2.24, 2.45) is 0 Å². The van der Waals surface area contributed by atoms with E-state index in [0.29, 0.717) is 0 Å². The Morgan fingerprint density at radius 1 is 0.550 bits per heavy atom. The Bertz CT molecular complexity index is 157. The van der Waals surface area contributed by atoms with Crippen LogP contribution in [0.25, 0.3) is 0 Å². The van der Waals surface area contributed by atoms with E-state index in [2.05, 4.69) is 20.8 Å². The van der Waals surface area contributed by atoms with Crippen LogP contribution in [0.1, 0.15) is 97.8 Å². The molecule has 20 heavy (non-hydrogen) atoms. The van der Waals surface area contributed by atoms with Crippen LogP contribution in [0.5, 0.6) is 0 Å². The maximum Gasteiger partial charge on any atom is 0.0480 e. The number of hydrogen-bond acceptors (Lipinski definition) is 1. The minimum Gasteiger partial charge on any atom is -0.360 e. The molecule has 0 saturated heterocycles. The lowest BCUT2D eigenvalue weighted by atomic mass is 10.1. The van der Waals surface area contributed by atoms with Crippen molar-refractivity contribution in [2.45, 2.75) is 97.8 Å². The van der Waals surface area contributed by atoms with Crippen LogP contribution in [0.4, 0.5) is 0 Å². The van der Waals surface area contributed by atoms with Gasteiger partial charge < -0.3 is 4.52 Å². The molecular weight excluding hydrogens is 263 g/mol. The summed E-state index contributed by atoms with van der Waals surface area (Å²) < 4.78 is 5.96. The van der Waals surface area contributed by atoms with Gasteiger partial charge in [-0.25, -0.2) is 0 Å².